The monoisotopic (exact) mass is 373 g/mol. The zero-order valence-corrected chi connectivity index (χ0v) is 15.1. The second-order valence-corrected chi connectivity index (χ2v) is 7.77. The third-order valence-corrected chi connectivity index (χ3v) is 6.08. The minimum atomic E-state index is 0.556. The molecule has 24 heavy (non-hydrogen) atoms. The molecule has 122 valence electrons. The van der Waals surface area contributed by atoms with E-state index < -0.39 is 0 Å². The molecule has 4 N–H and O–H groups in total. The molecule has 0 bridgehead atoms. The van der Waals surface area contributed by atoms with Gasteiger partial charge in [-0.1, -0.05) is 12.1 Å². The normalized spacial score (nSPS) is 11.2. The minimum Gasteiger partial charge on any atom is -0.329 e. The fourth-order valence-corrected chi connectivity index (χ4v) is 4.80. The van der Waals surface area contributed by atoms with Crippen LogP contribution in [0, 0.1) is 0 Å². The van der Waals surface area contributed by atoms with Crippen LogP contribution >= 0.6 is 34.0 Å². The van der Waals surface area contributed by atoms with Gasteiger partial charge < -0.3 is 11.2 Å². The molecule has 4 heterocycles. The van der Waals surface area contributed by atoms with Crippen molar-refractivity contribution in [1.82, 2.24) is 15.4 Å². The number of hydrazine groups is 1. The van der Waals surface area contributed by atoms with Gasteiger partial charge in [-0.3, -0.25) is 0 Å². The summed E-state index contributed by atoms with van der Waals surface area (Å²) in [4.78, 5) is 12.8. The van der Waals surface area contributed by atoms with Gasteiger partial charge in [-0.15, -0.1) is 34.0 Å². The van der Waals surface area contributed by atoms with E-state index in [1.165, 1.54) is 10.4 Å². The van der Waals surface area contributed by atoms with Gasteiger partial charge in [-0.05, 0) is 22.9 Å². The van der Waals surface area contributed by atoms with Crippen molar-refractivity contribution in [3.8, 4) is 21.1 Å². The highest BCUT2D eigenvalue weighted by Gasteiger charge is 2.17. The molecular formula is C16H15N5S3. The van der Waals surface area contributed by atoms with E-state index in [-0.39, 0.29) is 0 Å². The lowest BCUT2D eigenvalue weighted by Crippen LogP contribution is -2.28. The van der Waals surface area contributed by atoms with Gasteiger partial charge in [-0.2, -0.15) is 0 Å². The first-order valence-electron chi connectivity index (χ1n) is 7.43. The van der Waals surface area contributed by atoms with E-state index in [4.69, 9.17) is 15.7 Å². The number of aromatic nitrogens is 2. The molecule has 8 heteroatoms. The predicted molar refractivity (Wildman–Crippen MR) is 105 cm³/mol. The van der Waals surface area contributed by atoms with Gasteiger partial charge in [0, 0.05) is 28.9 Å². The number of nitrogens with zero attached hydrogens (tertiary/aromatic N) is 2. The van der Waals surface area contributed by atoms with Crippen LogP contribution in [0.25, 0.3) is 31.4 Å². The molecule has 0 radical (unpaired) electrons. The lowest BCUT2D eigenvalue weighted by molar-refractivity contribution is 0.784. The lowest BCUT2D eigenvalue weighted by atomic mass is 10.2. The van der Waals surface area contributed by atoms with Gasteiger partial charge in [0.1, 0.15) is 4.83 Å². The smallest absolute Gasteiger partial charge is 0.173 e. The summed E-state index contributed by atoms with van der Waals surface area (Å²) in [6, 6.07) is 8.23. The Morgan fingerprint density at radius 1 is 1.00 bits per heavy atom. The van der Waals surface area contributed by atoms with Crippen LogP contribution in [-0.2, 0) is 0 Å². The van der Waals surface area contributed by atoms with Crippen LogP contribution in [0.5, 0.6) is 0 Å². The second kappa shape index (κ2) is 6.96. The number of hydrogen-bond acceptors (Lipinski definition) is 8. The van der Waals surface area contributed by atoms with Gasteiger partial charge in [0.2, 0.25) is 0 Å². The molecule has 0 unspecified atom stereocenters. The van der Waals surface area contributed by atoms with E-state index in [9.17, 15) is 0 Å². The number of thiophene rings is 3. The maximum atomic E-state index is 5.57. The van der Waals surface area contributed by atoms with E-state index in [1.807, 2.05) is 17.5 Å². The van der Waals surface area contributed by atoms with Crippen molar-refractivity contribution in [3.63, 3.8) is 0 Å². The Morgan fingerprint density at radius 3 is 2.50 bits per heavy atom. The maximum Gasteiger partial charge on any atom is 0.173 e. The van der Waals surface area contributed by atoms with Crippen LogP contribution in [0.2, 0.25) is 0 Å². The molecule has 0 atom stereocenters. The fraction of sp³-hybridized carbons (Fsp3) is 0.125. The molecule has 0 saturated carbocycles. The zero-order valence-electron chi connectivity index (χ0n) is 12.7. The maximum absolute atomic E-state index is 5.57. The van der Waals surface area contributed by atoms with Gasteiger partial charge in [0.15, 0.2) is 11.6 Å². The Labute approximate surface area is 151 Å². The molecule has 0 aliphatic carbocycles. The van der Waals surface area contributed by atoms with Crippen LogP contribution in [0.1, 0.15) is 0 Å². The molecular weight excluding hydrogens is 358 g/mol. The molecule has 0 fully saturated rings. The van der Waals surface area contributed by atoms with Crippen LogP contribution in [0.15, 0.2) is 40.4 Å². The van der Waals surface area contributed by atoms with Crippen molar-refractivity contribution < 1.29 is 0 Å². The van der Waals surface area contributed by atoms with Gasteiger partial charge in [0.25, 0.3) is 0 Å². The Balaban J connectivity index is 1.86. The third-order valence-electron chi connectivity index (χ3n) is 3.44. The molecule has 5 nitrogen and oxygen atoms in total. The summed E-state index contributed by atoms with van der Waals surface area (Å²) in [6.45, 7) is 1.22. The van der Waals surface area contributed by atoms with Gasteiger partial charge in [0.05, 0.1) is 10.3 Å². The van der Waals surface area contributed by atoms with Crippen LogP contribution in [0.3, 0.4) is 0 Å². The highest BCUT2D eigenvalue weighted by Crippen LogP contribution is 2.39. The largest absolute Gasteiger partial charge is 0.329 e. The number of hydrogen-bond donors (Lipinski definition) is 3. The van der Waals surface area contributed by atoms with Crippen molar-refractivity contribution in [2.24, 2.45) is 5.73 Å². The number of anilines is 1. The summed E-state index contributed by atoms with van der Waals surface area (Å²) < 4.78 is 0. The fourth-order valence-electron chi connectivity index (χ4n) is 2.38. The quantitative estimate of drug-likeness (QED) is 0.351. The minimum absolute atomic E-state index is 0.556. The summed E-state index contributed by atoms with van der Waals surface area (Å²) in [5.74, 6) is 1.54. The summed E-state index contributed by atoms with van der Waals surface area (Å²) >= 11 is 5.00. The first-order valence-corrected chi connectivity index (χ1v) is 10.1. The van der Waals surface area contributed by atoms with Crippen molar-refractivity contribution >= 4 is 50.0 Å². The standard InChI is InChI=1S/C16H15N5S3/c17-5-6-18-21-15-13-10(11-3-1-7-22-11)9-24-16(13)20-14(19-15)12-4-2-8-23-12/h1-4,7-9,18H,5-6,17H2,(H,19,20,21). The van der Waals surface area contributed by atoms with Gasteiger partial charge in [-0.25, -0.2) is 15.4 Å². The van der Waals surface area contributed by atoms with E-state index in [1.54, 1.807) is 34.0 Å². The van der Waals surface area contributed by atoms with Crippen molar-refractivity contribution in [3.05, 3.63) is 40.4 Å². The van der Waals surface area contributed by atoms with E-state index in [0.29, 0.717) is 13.1 Å². The molecule has 4 aromatic heterocycles. The Hall–Kier alpha value is -1.84. The average Bonchev–Trinajstić information content (AvgIpc) is 3.34. The van der Waals surface area contributed by atoms with Crippen LogP contribution in [-0.4, -0.2) is 23.1 Å². The number of rotatable bonds is 6. The first-order chi connectivity index (χ1) is 11.9. The average molecular weight is 374 g/mol. The summed E-state index contributed by atoms with van der Waals surface area (Å²) in [5, 5.41) is 7.32. The first kappa shape index (κ1) is 15.7. The summed E-state index contributed by atoms with van der Waals surface area (Å²) in [7, 11) is 0. The topological polar surface area (TPSA) is 75.9 Å². The highest BCUT2D eigenvalue weighted by molar-refractivity contribution is 7.18. The number of nitrogens with two attached hydrogens (primary N) is 1. The molecule has 0 saturated heterocycles. The Kier molecular flexibility index (Phi) is 4.54. The number of nitrogens with one attached hydrogen (secondary N) is 2. The highest BCUT2D eigenvalue weighted by atomic mass is 32.1. The third kappa shape index (κ3) is 2.94. The summed E-state index contributed by atoms with van der Waals surface area (Å²) in [6.07, 6.45) is 0. The van der Waals surface area contributed by atoms with Crippen LogP contribution < -0.4 is 16.6 Å². The lowest BCUT2D eigenvalue weighted by Gasteiger charge is -2.10. The molecule has 4 aromatic rings. The number of fused-ring (bicyclic) bond motifs is 1. The Morgan fingerprint density at radius 2 is 1.79 bits per heavy atom. The van der Waals surface area contributed by atoms with Gasteiger partial charge >= 0.3 is 0 Å². The zero-order chi connectivity index (χ0) is 16.4. The summed E-state index contributed by atoms with van der Waals surface area (Å²) in [5.41, 5.74) is 13.1. The van der Waals surface area contributed by atoms with Crippen molar-refractivity contribution in [1.29, 1.82) is 0 Å². The van der Waals surface area contributed by atoms with Crippen molar-refractivity contribution in [2.75, 3.05) is 18.5 Å². The van der Waals surface area contributed by atoms with E-state index in [0.717, 1.165) is 26.7 Å². The predicted octanol–water partition coefficient (Wildman–Crippen LogP) is 4.02. The molecule has 0 aliphatic heterocycles. The molecule has 0 spiro atoms. The van der Waals surface area contributed by atoms with Crippen LogP contribution in [0.4, 0.5) is 5.82 Å². The SMILES string of the molecule is NCCNNc1nc(-c2cccs2)nc2scc(-c3cccs3)c12. The molecule has 4 rings (SSSR count). The van der Waals surface area contributed by atoms with E-state index in [2.05, 4.69) is 33.7 Å². The van der Waals surface area contributed by atoms with Crippen molar-refractivity contribution in [2.45, 2.75) is 0 Å². The molecule has 0 aromatic carbocycles. The molecule has 0 amide bonds. The van der Waals surface area contributed by atoms with E-state index >= 15 is 0 Å². The molecule has 0 aliphatic rings. The second-order valence-electron chi connectivity index (χ2n) is 5.02. The Bertz CT molecular complexity index is 928.